The lowest BCUT2D eigenvalue weighted by atomic mass is 10.1. The van der Waals surface area contributed by atoms with Crippen LogP contribution in [0, 0.1) is 0 Å². The Balaban J connectivity index is 1.25. The van der Waals surface area contributed by atoms with Crippen molar-refractivity contribution < 1.29 is 9.21 Å². The van der Waals surface area contributed by atoms with Gasteiger partial charge in [-0.05, 0) is 36.4 Å². The van der Waals surface area contributed by atoms with Crippen LogP contribution in [0.2, 0.25) is 0 Å². The zero-order valence-electron chi connectivity index (χ0n) is 15.9. The van der Waals surface area contributed by atoms with Crippen molar-refractivity contribution in [3.63, 3.8) is 0 Å². The number of rotatable bonds is 5. The molecular weight excluding hydrogens is 394 g/mol. The summed E-state index contributed by atoms with van der Waals surface area (Å²) in [4.78, 5) is 21.2. The minimum absolute atomic E-state index is 0.194. The van der Waals surface area contributed by atoms with Gasteiger partial charge in [0.05, 0.1) is 22.3 Å². The molecule has 0 unspecified atom stereocenters. The highest BCUT2D eigenvalue weighted by Gasteiger charge is 2.10. The van der Waals surface area contributed by atoms with Gasteiger partial charge in [-0.2, -0.15) is 0 Å². The lowest BCUT2D eigenvalue weighted by Gasteiger charge is -2.01. The summed E-state index contributed by atoms with van der Waals surface area (Å²) in [7, 11) is 0. The highest BCUT2D eigenvalue weighted by atomic mass is 32.1. The predicted molar refractivity (Wildman–Crippen MR) is 120 cm³/mol. The van der Waals surface area contributed by atoms with Crippen molar-refractivity contribution >= 4 is 44.4 Å². The number of furan rings is 1. The van der Waals surface area contributed by atoms with Crippen molar-refractivity contribution in [3.8, 4) is 10.8 Å². The Morgan fingerprint density at radius 1 is 1.03 bits per heavy atom. The van der Waals surface area contributed by atoms with Gasteiger partial charge >= 0.3 is 0 Å². The normalized spacial score (nSPS) is 11.5. The number of hydrogen-bond acceptors (Lipinski definition) is 5. The van der Waals surface area contributed by atoms with Crippen molar-refractivity contribution in [1.82, 2.24) is 15.3 Å². The van der Waals surface area contributed by atoms with Gasteiger partial charge in [-0.1, -0.05) is 36.4 Å². The van der Waals surface area contributed by atoms with Crippen LogP contribution < -0.4 is 5.32 Å². The Kier molecular flexibility index (Phi) is 4.83. The number of benzene rings is 2. The van der Waals surface area contributed by atoms with E-state index in [2.05, 4.69) is 15.3 Å². The Morgan fingerprint density at radius 2 is 1.93 bits per heavy atom. The van der Waals surface area contributed by atoms with Crippen LogP contribution in [-0.2, 0) is 11.3 Å². The summed E-state index contributed by atoms with van der Waals surface area (Å²) < 4.78 is 6.99. The van der Waals surface area contributed by atoms with Gasteiger partial charge in [0.15, 0.2) is 10.8 Å². The minimum Gasteiger partial charge on any atom is -0.457 e. The average molecular weight is 411 g/mol. The van der Waals surface area contributed by atoms with Crippen molar-refractivity contribution in [3.05, 3.63) is 90.3 Å². The average Bonchev–Trinajstić information content (AvgIpc) is 3.43. The van der Waals surface area contributed by atoms with Gasteiger partial charge in [0, 0.05) is 23.2 Å². The van der Waals surface area contributed by atoms with E-state index in [0.29, 0.717) is 18.1 Å². The van der Waals surface area contributed by atoms with E-state index in [0.717, 1.165) is 31.7 Å². The zero-order valence-corrected chi connectivity index (χ0v) is 16.7. The monoisotopic (exact) mass is 411 g/mol. The van der Waals surface area contributed by atoms with E-state index in [9.17, 15) is 4.79 Å². The number of aromatic nitrogens is 2. The van der Waals surface area contributed by atoms with Crippen molar-refractivity contribution in [1.29, 1.82) is 0 Å². The Hall–Kier alpha value is -3.77. The molecule has 2 aromatic carbocycles. The molecule has 0 bridgehead atoms. The molecule has 0 aliphatic carbocycles. The molecule has 30 heavy (non-hydrogen) atoms. The molecule has 0 saturated heterocycles. The van der Waals surface area contributed by atoms with Crippen molar-refractivity contribution in [2.24, 2.45) is 0 Å². The van der Waals surface area contributed by atoms with Gasteiger partial charge < -0.3 is 9.73 Å². The number of fused-ring (bicyclic) bond motifs is 2. The van der Waals surface area contributed by atoms with Crippen LogP contribution in [0.15, 0.2) is 83.4 Å². The highest BCUT2D eigenvalue weighted by molar-refractivity contribution is 7.21. The van der Waals surface area contributed by atoms with Crippen LogP contribution in [0.1, 0.15) is 11.3 Å². The number of carbonyl (C=O) groups excluding carboxylic acids is 1. The summed E-state index contributed by atoms with van der Waals surface area (Å²) >= 11 is 1.59. The van der Waals surface area contributed by atoms with Crippen LogP contribution in [-0.4, -0.2) is 15.9 Å². The summed E-state index contributed by atoms with van der Waals surface area (Å²) in [5, 5.41) is 4.72. The maximum Gasteiger partial charge on any atom is 0.244 e. The van der Waals surface area contributed by atoms with Crippen LogP contribution >= 0.6 is 11.3 Å². The molecule has 0 radical (unpaired) electrons. The molecule has 0 saturated carbocycles. The maximum atomic E-state index is 12.2. The molecule has 6 heteroatoms. The molecule has 1 amide bonds. The number of nitrogens with one attached hydrogen (secondary N) is 1. The first kappa shape index (κ1) is 18.3. The van der Waals surface area contributed by atoms with E-state index in [4.69, 9.17) is 4.42 Å². The first-order chi connectivity index (χ1) is 14.8. The fraction of sp³-hybridized carbons (Fsp3) is 0.0417. The second-order valence-electron chi connectivity index (χ2n) is 6.73. The predicted octanol–water partition coefficient (Wildman–Crippen LogP) is 5.43. The molecule has 0 fully saturated rings. The maximum absolute atomic E-state index is 12.2. The molecular formula is C24H17N3O2S. The first-order valence-electron chi connectivity index (χ1n) is 9.50. The molecule has 146 valence electrons. The van der Waals surface area contributed by atoms with Crippen LogP contribution in [0.25, 0.3) is 38.0 Å². The van der Waals surface area contributed by atoms with E-state index in [1.165, 1.54) is 6.08 Å². The third-order valence-corrected chi connectivity index (χ3v) is 5.73. The molecule has 3 aromatic heterocycles. The second kappa shape index (κ2) is 7.93. The lowest BCUT2D eigenvalue weighted by molar-refractivity contribution is -0.116. The van der Waals surface area contributed by atoms with Crippen molar-refractivity contribution in [2.75, 3.05) is 0 Å². The Labute approximate surface area is 176 Å². The highest BCUT2D eigenvalue weighted by Crippen LogP contribution is 2.31. The minimum atomic E-state index is -0.194. The van der Waals surface area contributed by atoms with E-state index < -0.39 is 0 Å². The Bertz CT molecular complexity index is 1350. The van der Waals surface area contributed by atoms with E-state index >= 15 is 0 Å². The third-order valence-electron chi connectivity index (χ3n) is 4.68. The molecule has 0 atom stereocenters. The first-order valence-corrected chi connectivity index (χ1v) is 10.3. The van der Waals surface area contributed by atoms with Gasteiger partial charge in [-0.25, -0.2) is 4.98 Å². The lowest BCUT2D eigenvalue weighted by Crippen LogP contribution is -2.19. The fourth-order valence-electron chi connectivity index (χ4n) is 3.23. The smallest absolute Gasteiger partial charge is 0.244 e. The molecule has 0 aliphatic heterocycles. The summed E-state index contributed by atoms with van der Waals surface area (Å²) in [6.45, 7) is 0.307. The molecule has 3 heterocycles. The van der Waals surface area contributed by atoms with Crippen LogP contribution in [0.3, 0.4) is 0 Å². The molecule has 5 nitrogen and oxygen atoms in total. The number of thiazole rings is 1. The number of para-hydroxylation sites is 2. The summed E-state index contributed by atoms with van der Waals surface area (Å²) in [6, 6.07) is 21.5. The van der Waals surface area contributed by atoms with E-state index in [-0.39, 0.29) is 5.91 Å². The number of carbonyl (C=O) groups is 1. The third kappa shape index (κ3) is 3.73. The topological polar surface area (TPSA) is 68.0 Å². The Morgan fingerprint density at radius 3 is 2.87 bits per heavy atom. The molecule has 0 aliphatic rings. The molecule has 1 N–H and O–H groups in total. The number of pyridine rings is 1. The van der Waals surface area contributed by atoms with Gasteiger partial charge in [-0.15, -0.1) is 11.3 Å². The van der Waals surface area contributed by atoms with E-state index in [1.807, 2.05) is 66.7 Å². The van der Waals surface area contributed by atoms with Gasteiger partial charge in [0.25, 0.3) is 0 Å². The fourth-order valence-corrected chi connectivity index (χ4v) is 4.15. The molecule has 5 aromatic rings. The zero-order chi connectivity index (χ0) is 20.3. The van der Waals surface area contributed by atoms with Gasteiger partial charge in [0.2, 0.25) is 5.91 Å². The second-order valence-corrected chi connectivity index (χ2v) is 7.76. The van der Waals surface area contributed by atoms with Crippen LogP contribution in [0.4, 0.5) is 0 Å². The van der Waals surface area contributed by atoms with Gasteiger partial charge in [-0.3, -0.25) is 9.78 Å². The van der Waals surface area contributed by atoms with Crippen LogP contribution in [0.5, 0.6) is 0 Å². The summed E-state index contributed by atoms with van der Waals surface area (Å²) in [5.41, 5.74) is 2.73. The standard InChI is InChI=1S/C24H17N3O2S/c28-22(13-10-17-6-3-5-16-7-4-14-25-23(16)17)26-15-18-11-12-20(29-18)24-27-19-8-1-2-9-21(19)30-24/h1-14H,15H2,(H,26,28)/b13-10+. The summed E-state index contributed by atoms with van der Waals surface area (Å²) in [6.07, 6.45) is 5.04. The largest absolute Gasteiger partial charge is 0.457 e. The quantitative estimate of drug-likeness (QED) is 0.391. The van der Waals surface area contributed by atoms with Crippen molar-refractivity contribution in [2.45, 2.75) is 6.54 Å². The molecule has 5 rings (SSSR count). The SMILES string of the molecule is O=C(/C=C/c1cccc2cccnc12)NCc1ccc(-c2nc3ccccc3s2)o1. The van der Waals surface area contributed by atoms with E-state index in [1.54, 1.807) is 23.6 Å². The molecule has 0 spiro atoms. The number of nitrogens with zero attached hydrogens (tertiary/aromatic N) is 2. The van der Waals surface area contributed by atoms with Gasteiger partial charge in [0.1, 0.15) is 5.76 Å². The summed E-state index contributed by atoms with van der Waals surface area (Å²) in [5.74, 6) is 1.19. The number of hydrogen-bond donors (Lipinski definition) is 1. The number of amides is 1.